The summed E-state index contributed by atoms with van der Waals surface area (Å²) in [6.07, 6.45) is 5.86. The number of hydrogen-bond donors (Lipinski definition) is 2. The van der Waals surface area contributed by atoms with Crippen molar-refractivity contribution in [3.8, 4) is 5.75 Å². The summed E-state index contributed by atoms with van der Waals surface area (Å²) in [5.74, 6) is 0.626. The van der Waals surface area contributed by atoms with Crippen molar-refractivity contribution in [3.05, 3.63) is 28.2 Å². The summed E-state index contributed by atoms with van der Waals surface area (Å²) >= 11 is 3.42. The zero-order valence-electron chi connectivity index (χ0n) is 11.5. The summed E-state index contributed by atoms with van der Waals surface area (Å²) < 4.78 is 6.48. The minimum atomic E-state index is -0.0471. The molecule has 0 aliphatic heterocycles. The molecule has 0 heterocycles. The first-order valence-corrected chi connectivity index (χ1v) is 7.89. The van der Waals surface area contributed by atoms with Gasteiger partial charge >= 0.3 is 0 Å². The molecule has 0 aromatic heterocycles. The van der Waals surface area contributed by atoms with Crippen molar-refractivity contribution in [2.45, 2.75) is 44.7 Å². The summed E-state index contributed by atoms with van der Waals surface area (Å²) in [6, 6.07) is 5.90. The Kier molecular flexibility index (Phi) is 5.86. The molecule has 1 saturated carbocycles. The molecule has 0 saturated heterocycles. The number of rotatable bonds is 5. The lowest BCUT2D eigenvalue weighted by atomic mass is 9.95. The minimum absolute atomic E-state index is 0.0471. The summed E-state index contributed by atoms with van der Waals surface area (Å²) in [5.41, 5.74) is 6.60. The average Bonchev–Trinajstić information content (AvgIpc) is 2.47. The summed E-state index contributed by atoms with van der Waals surface area (Å²) in [4.78, 5) is 11.8. The first-order valence-electron chi connectivity index (χ1n) is 7.09. The zero-order valence-corrected chi connectivity index (χ0v) is 13.1. The van der Waals surface area contributed by atoms with Gasteiger partial charge in [0.25, 0.3) is 5.91 Å². The van der Waals surface area contributed by atoms with Crippen LogP contribution in [0.2, 0.25) is 0 Å². The van der Waals surface area contributed by atoms with Crippen LogP contribution in [0.15, 0.2) is 22.7 Å². The van der Waals surface area contributed by atoms with Gasteiger partial charge in [-0.25, -0.2) is 0 Å². The van der Waals surface area contributed by atoms with Crippen LogP contribution in [0.25, 0.3) is 0 Å². The molecule has 1 aliphatic carbocycles. The molecule has 4 nitrogen and oxygen atoms in total. The number of hydrogen-bond acceptors (Lipinski definition) is 3. The molecule has 1 aromatic carbocycles. The van der Waals surface area contributed by atoms with Gasteiger partial charge in [0.2, 0.25) is 0 Å². The van der Waals surface area contributed by atoms with Crippen molar-refractivity contribution in [2.24, 2.45) is 5.73 Å². The highest BCUT2D eigenvalue weighted by molar-refractivity contribution is 9.10. The Morgan fingerprint density at radius 3 is 2.80 bits per heavy atom. The third kappa shape index (κ3) is 4.49. The van der Waals surface area contributed by atoms with Gasteiger partial charge in [0.15, 0.2) is 6.61 Å². The Hall–Kier alpha value is -1.07. The highest BCUT2D eigenvalue weighted by Crippen LogP contribution is 2.22. The van der Waals surface area contributed by atoms with E-state index in [1.807, 2.05) is 18.2 Å². The normalized spacial score (nSPS) is 15.9. The molecule has 110 valence electrons. The maximum absolute atomic E-state index is 11.8. The number of carbonyl (C=O) groups excluding carboxylic acids is 1. The van der Waals surface area contributed by atoms with E-state index in [1.54, 1.807) is 0 Å². The van der Waals surface area contributed by atoms with Crippen LogP contribution >= 0.6 is 15.9 Å². The largest absolute Gasteiger partial charge is 0.484 e. The number of nitrogens with one attached hydrogen (secondary N) is 1. The lowest BCUT2D eigenvalue weighted by Gasteiger charge is -2.22. The fraction of sp³-hybridized carbons (Fsp3) is 0.533. The first kappa shape index (κ1) is 15.3. The molecule has 1 aromatic rings. The molecule has 5 heteroatoms. The molecule has 0 spiro atoms. The fourth-order valence-corrected chi connectivity index (χ4v) is 2.87. The Morgan fingerprint density at radius 1 is 1.35 bits per heavy atom. The number of halogens is 1. The highest BCUT2D eigenvalue weighted by Gasteiger charge is 2.15. The van der Waals surface area contributed by atoms with Gasteiger partial charge < -0.3 is 15.8 Å². The Bertz CT molecular complexity index is 459. The van der Waals surface area contributed by atoms with Crippen LogP contribution in [0.4, 0.5) is 0 Å². The number of nitrogens with two attached hydrogens (primary N) is 1. The molecule has 0 unspecified atom stereocenters. The number of amides is 1. The Balaban J connectivity index is 1.80. The van der Waals surface area contributed by atoms with Crippen molar-refractivity contribution < 1.29 is 9.53 Å². The monoisotopic (exact) mass is 340 g/mol. The predicted molar refractivity (Wildman–Crippen MR) is 82.5 cm³/mol. The molecule has 1 fully saturated rings. The van der Waals surface area contributed by atoms with Gasteiger partial charge in [-0.2, -0.15) is 0 Å². The molecule has 0 bridgehead atoms. The van der Waals surface area contributed by atoms with Crippen molar-refractivity contribution >= 4 is 21.8 Å². The van der Waals surface area contributed by atoms with Crippen molar-refractivity contribution in [3.63, 3.8) is 0 Å². The van der Waals surface area contributed by atoms with E-state index in [1.165, 1.54) is 19.3 Å². The number of carbonyl (C=O) groups is 1. The van der Waals surface area contributed by atoms with E-state index in [0.717, 1.165) is 22.9 Å². The quantitative estimate of drug-likeness (QED) is 0.866. The first-order chi connectivity index (χ1) is 9.69. The average molecular weight is 341 g/mol. The molecule has 0 atom stereocenters. The van der Waals surface area contributed by atoms with E-state index in [4.69, 9.17) is 10.5 Å². The van der Waals surface area contributed by atoms with E-state index in [9.17, 15) is 4.79 Å². The summed E-state index contributed by atoms with van der Waals surface area (Å²) in [5, 5.41) is 3.03. The third-order valence-corrected chi connectivity index (χ3v) is 4.35. The molecule has 3 N–H and O–H groups in total. The lowest BCUT2D eigenvalue weighted by molar-refractivity contribution is -0.124. The lowest BCUT2D eigenvalue weighted by Crippen LogP contribution is -2.38. The van der Waals surface area contributed by atoms with Gasteiger partial charge in [-0.1, -0.05) is 35.2 Å². The second-order valence-electron chi connectivity index (χ2n) is 5.15. The maximum atomic E-state index is 11.8. The zero-order chi connectivity index (χ0) is 14.4. The van der Waals surface area contributed by atoms with Crippen molar-refractivity contribution in [2.75, 3.05) is 6.61 Å². The smallest absolute Gasteiger partial charge is 0.258 e. The van der Waals surface area contributed by atoms with Gasteiger partial charge in [0.1, 0.15) is 5.75 Å². The van der Waals surface area contributed by atoms with Crippen LogP contribution in [-0.2, 0) is 11.3 Å². The van der Waals surface area contributed by atoms with Gasteiger partial charge in [0, 0.05) is 17.1 Å². The van der Waals surface area contributed by atoms with Gasteiger partial charge in [0.05, 0.1) is 0 Å². The molecule has 20 heavy (non-hydrogen) atoms. The SMILES string of the molecule is NCc1cc(OCC(=O)NC2CCCCC2)ccc1Br. The summed E-state index contributed by atoms with van der Waals surface area (Å²) in [7, 11) is 0. The Labute approximate surface area is 128 Å². The van der Waals surface area contributed by atoms with Crippen molar-refractivity contribution in [1.29, 1.82) is 0 Å². The van der Waals surface area contributed by atoms with E-state index >= 15 is 0 Å². The van der Waals surface area contributed by atoms with E-state index < -0.39 is 0 Å². The molecular formula is C15H21BrN2O2. The summed E-state index contributed by atoms with van der Waals surface area (Å²) in [6.45, 7) is 0.494. The van der Waals surface area contributed by atoms with Crippen LogP contribution in [-0.4, -0.2) is 18.6 Å². The molecule has 1 amide bonds. The predicted octanol–water partition coefficient (Wildman–Crippen LogP) is 2.74. The second-order valence-corrected chi connectivity index (χ2v) is 6.00. The topological polar surface area (TPSA) is 64.3 Å². The van der Waals surface area contributed by atoms with E-state index in [-0.39, 0.29) is 12.5 Å². The number of benzene rings is 1. The molecule has 1 aliphatic rings. The van der Waals surface area contributed by atoms with Crippen molar-refractivity contribution in [1.82, 2.24) is 5.32 Å². The van der Waals surface area contributed by atoms with Crippen LogP contribution < -0.4 is 15.8 Å². The molecule has 0 radical (unpaired) electrons. The molecular weight excluding hydrogens is 320 g/mol. The number of ether oxygens (including phenoxy) is 1. The van der Waals surface area contributed by atoms with Gasteiger partial charge in [-0.3, -0.25) is 4.79 Å². The fourth-order valence-electron chi connectivity index (χ4n) is 2.46. The van der Waals surface area contributed by atoms with Gasteiger partial charge in [-0.05, 0) is 36.6 Å². The standard InChI is InChI=1S/C15H21BrN2O2/c16-14-7-6-13(8-11(14)9-17)20-10-15(19)18-12-4-2-1-3-5-12/h6-8,12H,1-5,9-10,17H2,(H,18,19). The maximum Gasteiger partial charge on any atom is 0.258 e. The Morgan fingerprint density at radius 2 is 2.10 bits per heavy atom. The van der Waals surface area contributed by atoms with Crippen LogP contribution in [0, 0.1) is 0 Å². The minimum Gasteiger partial charge on any atom is -0.484 e. The van der Waals surface area contributed by atoms with Crippen LogP contribution in [0.1, 0.15) is 37.7 Å². The second kappa shape index (κ2) is 7.64. The van der Waals surface area contributed by atoms with E-state index in [0.29, 0.717) is 18.3 Å². The van der Waals surface area contributed by atoms with E-state index in [2.05, 4.69) is 21.2 Å². The molecule has 2 rings (SSSR count). The van der Waals surface area contributed by atoms with Gasteiger partial charge in [-0.15, -0.1) is 0 Å². The van der Waals surface area contributed by atoms with Crippen LogP contribution in [0.5, 0.6) is 5.75 Å². The highest BCUT2D eigenvalue weighted by atomic mass is 79.9. The third-order valence-electron chi connectivity index (χ3n) is 3.58. The van der Waals surface area contributed by atoms with Crippen LogP contribution in [0.3, 0.4) is 0 Å².